The molecule has 1 saturated carbocycles. The minimum absolute atomic E-state index is 0.209. The predicted octanol–water partition coefficient (Wildman–Crippen LogP) is 3.91. The van der Waals surface area contributed by atoms with Crippen molar-refractivity contribution in [2.24, 2.45) is 5.16 Å². The molecule has 0 spiro atoms. The van der Waals surface area contributed by atoms with Crippen LogP contribution in [0.1, 0.15) is 42.5 Å². The van der Waals surface area contributed by atoms with E-state index in [-0.39, 0.29) is 10.6 Å². The summed E-state index contributed by atoms with van der Waals surface area (Å²) in [6.07, 6.45) is 3.92. The van der Waals surface area contributed by atoms with Gasteiger partial charge in [-0.15, -0.1) is 0 Å². The number of carbonyl (C=O) groups is 1. The molecule has 22 heavy (non-hydrogen) atoms. The summed E-state index contributed by atoms with van der Waals surface area (Å²) in [4.78, 5) is 17.2. The van der Waals surface area contributed by atoms with Gasteiger partial charge in [0.1, 0.15) is 6.07 Å². The zero-order valence-corrected chi connectivity index (χ0v) is 13.3. The second kappa shape index (κ2) is 8.02. The number of nitrogens with zero attached hydrogens (tertiary/aromatic N) is 2. The van der Waals surface area contributed by atoms with Gasteiger partial charge in [0.2, 0.25) is 0 Å². The average Bonchev–Trinajstić information content (AvgIpc) is 2.52. The Morgan fingerprint density at radius 2 is 2.05 bits per heavy atom. The van der Waals surface area contributed by atoms with Crippen molar-refractivity contribution in [2.75, 3.05) is 0 Å². The van der Waals surface area contributed by atoms with Crippen LogP contribution < -0.4 is 5.32 Å². The summed E-state index contributed by atoms with van der Waals surface area (Å²) < 4.78 is 0. The van der Waals surface area contributed by atoms with E-state index in [9.17, 15) is 4.79 Å². The molecule has 1 aliphatic rings. The van der Waals surface area contributed by atoms with Crippen molar-refractivity contribution in [3.8, 4) is 6.07 Å². The second-order valence-electron chi connectivity index (χ2n) is 4.93. The van der Waals surface area contributed by atoms with Gasteiger partial charge in [0.15, 0.2) is 0 Å². The van der Waals surface area contributed by atoms with Gasteiger partial charge in [-0.2, -0.15) is 5.26 Å². The summed E-state index contributed by atoms with van der Waals surface area (Å²) in [5.41, 5.74) is 1.14. The first-order valence-corrected chi connectivity index (χ1v) is 7.73. The molecule has 0 aliphatic heterocycles. The highest BCUT2D eigenvalue weighted by atomic mass is 35.5. The maximum Gasteiger partial charge on any atom is 0.287 e. The fourth-order valence-electron chi connectivity index (χ4n) is 2.13. The number of rotatable bonds is 4. The first-order valence-electron chi connectivity index (χ1n) is 6.97. The molecule has 1 aromatic carbocycles. The number of halogens is 2. The molecule has 0 heterocycles. The maximum absolute atomic E-state index is 12.1. The monoisotopic (exact) mass is 339 g/mol. The van der Waals surface area contributed by atoms with E-state index < -0.39 is 12.1 Å². The third-order valence-corrected chi connectivity index (χ3v) is 3.82. The van der Waals surface area contributed by atoms with Crippen LogP contribution in [0.5, 0.6) is 0 Å². The summed E-state index contributed by atoms with van der Waals surface area (Å²) >= 11 is 11.7. The van der Waals surface area contributed by atoms with E-state index in [4.69, 9.17) is 33.3 Å². The topological polar surface area (TPSA) is 74.5 Å². The molecule has 1 fully saturated rings. The Labute approximate surface area is 138 Å². The lowest BCUT2D eigenvalue weighted by Crippen LogP contribution is -2.35. The number of hydrogen-bond donors (Lipinski definition) is 1. The number of amides is 1. The molecule has 1 unspecified atom stereocenters. The summed E-state index contributed by atoms with van der Waals surface area (Å²) in [7, 11) is 0. The van der Waals surface area contributed by atoms with Crippen molar-refractivity contribution in [1.29, 1.82) is 5.26 Å². The standard InChI is InChI=1S/C15H15Cl2N3O2/c16-10-6-7-12(13(17)8-10)15(21)19-14(9-18)22-20-11-4-2-1-3-5-11/h6-8,14H,1-5H2,(H,19,21). The van der Waals surface area contributed by atoms with Gasteiger partial charge in [0, 0.05) is 5.02 Å². The molecule has 1 atom stereocenters. The zero-order chi connectivity index (χ0) is 15.9. The van der Waals surface area contributed by atoms with E-state index in [2.05, 4.69) is 10.5 Å². The number of benzene rings is 1. The summed E-state index contributed by atoms with van der Waals surface area (Å²) in [5.74, 6) is -0.517. The molecule has 0 radical (unpaired) electrons. The highest BCUT2D eigenvalue weighted by Crippen LogP contribution is 2.21. The van der Waals surface area contributed by atoms with Gasteiger partial charge in [0.25, 0.3) is 12.1 Å². The average molecular weight is 340 g/mol. The molecule has 1 aliphatic carbocycles. The first kappa shape index (κ1) is 16.6. The molecule has 1 aromatic rings. The fourth-order valence-corrected chi connectivity index (χ4v) is 2.63. The van der Waals surface area contributed by atoms with Gasteiger partial charge in [-0.25, -0.2) is 0 Å². The molecule has 7 heteroatoms. The van der Waals surface area contributed by atoms with Crippen molar-refractivity contribution < 1.29 is 9.63 Å². The van der Waals surface area contributed by atoms with Crippen molar-refractivity contribution in [1.82, 2.24) is 5.32 Å². The molecule has 116 valence electrons. The fraction of sp³-hybridized carbons (Fsp3) is 0.400. The number of carbonyl (C=O) groups excluding carboxylic acids is 1. The molecule has 0 aromatic heterocycles. The number of hydrogen-bond acceptors (Lipinski definition) is 4. The van der Waals surface area contributed by atoms with Crippen LogP contribution in [0, 0.1) is 11.3 Å². The Kier molecular flexibility index (Phi) is 6.05. The van der Waals surface area contributed by atoms with Crippen LogP contribution in [0.25, 0.3) is 0 Å². The summed E-state index contributed by atoms with van der Waals surface area (Å²) in [6, 6.07) is 6.34. The van der Waals surface area contributed by atoms with E-state index in [1.165, 1.54) is 18.6 Å². The van der Waals surface area contributed by atoms with E-state index in [0.29, 0.717) is 5.02 Å². The SMILES string of the molecule is N#CC(NC(=O)c1ccc(Cl)cc1Cl)ON=C1CCCCC1. The third kappa shape index (κ3) is 4.62. The Morgan fingerprint density at radius 3 is 2.68 bits per heavy atom. The third-order valence-electron chi connectivity index (χ3n) is 3.27. The molecular formula is C15H15Cl2N3O2. The quantitative estimate of drug-likeness (QED) is 0.667. The van der Waals surface area contributed by atoms with Gasteiger partial charge >= 0.3 is 0 Å². The molecule has 2 rings (SSSR count). The molecule has 0 bridgehead atoms. The van der Waals surface area contributed by atoms with Crippen LogP contribution >= 0.6 is 23.2 Å². The van der Waals surface area contributed by atoms with Crippen molar-refractivity contribution in [2.45, 2.75) is 38.3 Å². The Morgan fingerprint density at radius 1 is 1.32 bits per heavy atom. The van der Waals surface area contributed by atoms with Crippen LogP contribution in [0.15, 0.2) is 23.4 Å². The lowest BCUT2D eigenvalue weighted by Gasteiger charge is -2.14. The molecule has 1 amide bonds. The molecule has 1 N–H and O–H groups in total. The van der Waals surface area contributed by atoms with Crippen molar-refractivity contribution >= 4 is 34.8 Å². The van der Waals surface area contributed by atoms with E-state index in [1.807, 2.05) is 6.07 Å². The Bertz CT molecular complexity index is 618. The van der Waals surface area contributed by atoms with Gasteiger partial charge in [-0.05, 0) is 43.9 Å². The number of nitrogens with one attached hydrogen (secondary N) is 1. The Balaban J connectivity index is 1.97. The van der Waals surface area contributed by atoms with E-state index in [0.717, 1.165) is 31.4 Å². The predicted molar refractivity (Wildman–Crippen MR) is 84.9 cm³/mol. The first-order chi connectivity index (χ1) is 10.6. The number of oxime groups is 1. The Hall–Kier alpha value is -1.77. The maximum atomic E-state index is 12.1. The lowest BCUT2D eigenvalue weighted by atomic mass is 9.99. The van der Waals surface area contributed by atoms with E-state index >= 15 is 0 Å². The normalized spacial score (nSPS) is 15.6. The number of nitriles is 1. The summed E-state index contributed by atoms with van der Waals surface area (Å²) in [6.45, 7) is 0. The van der Waals surface area contributed by atoms with Gasteiger partial charge in [0.05, 0.1) is 16.3 Å². The van der Waals surface area contributed by atoms with Gasteiger partial charge in [-0.1, -0.05) is 34.8 Å². The van der Waals surface area contributed by atoms with Crippen molar-refractivity contribution in [3.63, 3.8) is 0 Å². The van der Waals surface area contributed by atoms with Crippen LogP contribution in [-0.4, -0.2) is 17.8 Å². The lowest BCUT2D eigenvalue weighted by molar-refractivity contribution is 0.0585. The molecule has 0 saturated heterocycles. The van der Waals surface area contributed by atoms with E-state index in [1.54, 1.807) is 6.07 Å². The second-order valence-corrected chi connectivity index (χ2v) is 5.77. The minimum Gasteiger partial charge on any atom is -0.355 e. The smallest absolute Gasteiger partial charge is 0.287 e. The molecular weight excluding hydrogens is 325 g/mol. The molecule has 5 nitrogen and oxygen atoms in total. The highest BCUT2D eigenvalue weighted by Gasteiger charge is 2.17. The van der Waals surface area contributed by atoms with Crippen molar-refractivity contribution in [3.05, 3.63) is 33.8 Å². The summed E-state index contributed by atoms with van der Waals surface area (Å²) in [5, 5.41) is 16.1. The van der Waals surface area contributed by atoms with Gasteiger partial charge < -0.3 is 10.2 Å². The van der Waals surface area contributed by atoms with Crippen LogP contribution in [-0.2, 0) is 4.84 Å². The van der Waals surface area contributed by atoms with Crippen LogP contribution in [0.3, 0.4) is 0 Å². The highest BCUT2D eigenvalue weighted by molar-refractivity contribution is 6.36. The largest absolute Gasteiger partial charge is 0.355 e. The van der Waals surface area contributed by atoms with Gasteiger partial charge in [-0.3, -0.25) is 4.79 Å². The zero-order valence-electron chi connectivity index (χ0n) is 11.8. The van der Waals surface area contributed by atoms with Crippen LogP contribution in [0.2, 0.25) is 10.0 Å². The van der Waals surface area contributed by atoms with Crippen LogP contribution in [0.4, 0.5) is 0 Å². The minimum atomic E-state index is -1.16.